The van der Waals surface area contributed by atoms with Crippen molar-refractivity contribution >= 4 is 23.2 Å². The van der Waals surface area contributed by atoms with Crippen molar-refractivity contribution in [2.45, 2.75) is 39.2 Å². The number of hydrogen-bond donors (Lipinski definition) is 1. The summed E-state index contributed by atoms with van der Waals surface area (Å²) in [5, 5.41) is 6.93. The molecule has 1 unspecified atom stereocenters. The molecule has 1 aromatic carbocycles. The standard InChI is InChI=1S/C20H20N4O3/c1-12-11-21-24-9-8-17(23-18(12)24)20(26)27-13(2)19(25)22-16-7-6-14-4-3-5-15(14)10-16/h6-11,13H,3-5H2,1-2H3,(H,22,25). The van der Waals surface area contributed by atoms with Gasteiger partial charge in [0.1, 0.15) is 0 Å². The normalized spacial score (nSPS) is 14.0. The van der Waals surface area contributed by atoms with Gasteiger partial charge < -0.3 is 10.1 Å². The number of aryl methyl sites for hydroxylation is 3. The van der Waals surface area contributed by atoms with Gasteiger partial charge in [-0.2, -0.15) is 5.10 Å². The summed E-state index contributed by atoms with van der Waals surface area (Å²) in [4.78, 5) is 29.0. The Hall–Kier alpha value is -3.22. The van der Waals surface area contributed by atoms with Gasteiger partial charge in [0.15, 0.2) is 17.4 Å². The molecule has 1 aliphatic rings. The maximum Gasteiger partial charge on any atom is 0.357 e. The molecular weight excluding hydrogens is 344 g/mol. The van der Waals surface area contributed by atoms with Crippen molar-refractivity contribution in [2.24, 2.45) is 0 Å². The zero-order valence-corrected chi connectivity index (χ0v) is 15.2. The van der Waals surface area contributed by atoms with Crippen LogP contribution in [0, 0.1) is 6.92 Å². The number of hydrogen-bond acceptors (Lipinski definition) is 5. The number of nitrogens with one attached hydrogen (secondary N) is 1. The average Bonchev–Trinajstić information content (AvgIpc) is 3.27. The minimum atomic E-state index is -0.935. The van der Waals surface area contributed by atoms with Crippen molar-refractivity contribution in [1.82, 2.24) is 14.6 Å². The van der Waals surface area contributed by atoms with Crippen LogP contribution in [0.25, 0.3) is 5.65 Å². The highest BCUT2D eigenvalue weighted by Crippen LogP contribution is 2.25. The van der Waals surface area contributed by atoms with Gasteiger partial charge in [-0.05, 0) is 62.4 Å². The zero-order chi connectivity index (χ0) is 19.0. The van der Waals surface area contributed by atoms with E-state index in [-0.39, 0.29) is 11.6 Å². The molecule has 138 valence electrons. The van der Waals surface area contributed by atoms with E-state index < -0.39 is 12.1 Å². The third kappa shape index (κ3) is 3.40. The summed E-state index contributed by atoms with van der Waals surface area (Å²) in [5.41, 5.74) is 4.91. The van der Waals surface area contributed by atoms with Crippen LogP contribution in [0.5, 0.6) is 0 Å². The molecular formula is C20H20N4O3. The second kappa shape index (κ2) is 6.83. The Balaban J connectivity index is 1.42. The lowest BCUT2D eigenvalue weighted by molar-refractivity contribution is -0.123. The second-order valence-corrected chi connectivity index (χ2v) is 6.78. The number of carbonyl (C=O) groups excluding carboxylic acids is 2. The molecule has 0 bridgehead atoms. The Kier molecular flexibility index (Phi) is 4.35. The quantitative estimate of drug-likeness (QED) is 0.720. The van der Waals surface area contributed by atoms with Crippen molar-refractivity contribution in [3.63, 3.8) is 0 Å². The fourth-order valence-electron chi connectivity index (χ4n) is 3.26. The van der Waals surface area contributed by atoms with E-state index in [0.717, 1.165) is 30.5 Å². The topological polar surface area (TPSA) is 85.6 Å². The zero-order valence-electron chi connectivity index (χ0n) is 15.2. The van der Waals surface area contributed by atoms with Gasteiger partial charge in [-0.1, -0.05) is 6.07 Å². The number of aromatic nitrogens is 3. The molecule has 0 aliphatic heterocycles. The van der Waals surface area contributed by atoms with Crippen LogP contribution >= 0.6 is 0 Å². The molecule has 1 N–H and O–H groups in total. The highest BCUT2D eigenvalue weighted by molar-refractivity contribution is 5.97. The van der Waals surface area contributed by atoms with Crippen molar-refractivity contribution < 1.29 is 14.3 Å². The molecule has 2 aromatic heterocycles. The highest BCUT2D eigenvalue weighted by Gasteiger charge is 2.21. The lowest BCUT2D eigenvalue weighted by atomic mass is 10.1. The van der Waals surface area contributed by atoms with Crippen molar-refractivity contribution in [3.05, 3.63) is 59.0 Å². The van der Waals surface area contributed by atoms with Crippen LogP contribution in [-0.2, 0) is 22.4 Å². The van der Waals surface area contributed by atoms with Crippen LogP contribution in [0.1, 0.15) is 40.5 Å². The summed E-state index contributed by atoms with van der Waals surface area (Å²) < 4.78 is 6.86. The summed E-state index contributed by atoms with van der Waals surface area (Å²) in [6, 6.07) is 7.44. The van der Waals surface area contributed by atoms with Gasteiger partial charge in [0.05, 0.1) is 6.20 Å². The van der Waals surface area contributed by atoms with Gasteiger partial charge in [-0.3, -0.25) is 4.79 Å². The molecule has 0 saturated heterocycles. The Morgan fingerprint density at radius 1 is 1.22 bits per heavy atom. The van der Waals surface area contributed by atoms with E-state index in [1.165, 1.54) is 17.2 Å². The molecule has 7 nitrogen and oxygen atoms in total. The van der Waals surface area contributed by atoms with Gasteiger partial charge in [-0.25, -0.2) is 14.3 Å². The molecule has 1 amide bonds. The van der Waals surface area contributed by atoms with Gasteiger partial charge in [0.2, 0.25) is 0 Å². The predicted octanol–water partition coefficient (Wildman–Crippen LogP) is 2.71. The number of benzene rings is 1. The van der Waals surface area contributed by atoms with Gasteiger partial charge in [0, 0.05) is 17.4 Å². The molecule has 0 radical (unpaired) electrons. The number of esters is 1. The lowest BCUT2D eigenvalue weighted by Crippen LogP contribution is -2.30. The summed E-state index contributed by atoms with van der Waals surface area (Å²) in [5.74, 6) is -1.02. The van der Waals surface area contributed by atoms with Crippen LogP contribution in [0.4, 0.5) is 5.69 Å². The minimum absolute atomic E-state index is 0.142. The largest absolute Gasteiger partial charge is 0.448 e. The first kappa shape index (κ1) is 17.2. The number of ether oxygens (including phenoxy) is 1. The molecule has 1 atom stereocenters. The predicted molar refractivity (Wildman–Crippen MR) is 99.7 cm³/mol. The maximum absolute atomic E-state index is 12.4. The van der Waals surface area contributed by atoms with Crippen LogP contribution in [-0.4, -0.2) is 32.6 Å². The molecule has 3 aromatic rings. The first-order valence-electron chi connectivity index (χ1n) is 8.96. The van der Waals surface area contributed by atoms with E-state index in [2.05, 4.69) is 15.4 Å². The van der Waals surface area contributed by atoms with Crippen molar-refractivity contribution in [3.8, 4) is 0 Å². The molecule has 0 fully saturated rings. The first-order valence-corrected chi connectivity index (χ1v) is 8.96. The molecule has 2 heterocycles. The Bertz CT molecular complexity index is 1040. The Morgan fingerprint density at radius 3 is 2.89 bits per heavy atom. The van der Waals surface area contributed by atoms with Gasteiger partial charge >= 0.3 is 5.97 Å². The fourth-order valence-corrected chi connectivity index (χ4v) is 3.26. The third-order valence-corrected chi connectivity index (χ3v) is 4.77. The molecule has 27 heavy (non-hydrogen) atoms. The fraction of sp³-hybridized carbons (Fsp3) is 0.300. The second-order valence-electron chi connectivity index (χ2n) is 6.78. The Morgan fingerprint density at radius 2 is 2.04 bits per heavy atom. The number of fused-ring (bicyclic) bond motifs is 2. The van der Waals surface area contributed by atoms with E-state index in [1.54, 1.807) is 23.8 Å². The molecule has 7 heteroatoms. The average molecular weight is 364 g/mol. The number of nitrogens with zero attached hydrogens (tertiary/aromatic N) is 3. The summed E-state index contributed by atoms with van der Waals surface area (Å²) in [6.07, 6.45) is 5.65. The number of anilines is 1. The lowest BCUT2D eigenvalue weighted by Gasteiger charge is -2.14. The third-order valence-electron chi connectivity index (χ3n) is 4.77. The van der Waals surface area contributed by atoms with Crippen molar-refractivity contribution in [1.29, 1.82) is 0 Å². The van der Waals surface area contributed by atoms with E-state index in [4.69, 9.17) is 4.74 Å². The van der Waals surface area contributed by atoms with E-state index >= 15 is 0 Å². The van der Waals surface area contributed by atoms with Gasteiger partial charge in [-0.15, -0.1) is 0 Å². The van der Waals surface area contributed by atoms with Crippen molar-refractivity contribution in [2.75, 3.05) is 5.32 Å². The monoisotopic (exact) mass is 364 g/mol. The number of rotatable bonds is 4. The molecule has 1 aliphatic carbocycles. The molecule has 0 saturated carbocycles. The number of carbonyl (C=O) groups is 2. The van der Waals surface area contributed by atoms with E-state index in [1.807, 2.05) is 25.1 Å². The minimum Gasteiger partial charge on any atom is -0.448 e. The van der Waals surface area contributed by atoms with E-state index in [9.17, 15) is 9.59 Å². The summed E-state index contributed by atoms with van der Waals surface area (Å²) in [7, 11) is 0. The van der Waals surface area contributed by atoms with Crippen LogP contribution < -0.4 is 5.32 Å². The van der Waals surface area contributed by atoms with E-state index in [0.29, 0.717) is 5.65 Å². The van der Waals surface area contributed by atoms with Crippen LogP contribution in [0.3, 0.4) is 0 Å². The highest BCUT2D eigenvalue weighted by atomic mass is 16.5. The number of amides is 1. The van der Waals surface area contributed by atoms with Gasteiger partial charge in [0.25, 0.3) is 5.91 Å². The van der Waals surface area contributed by atoms with Crippen LogP contribution in [0.15, 0.2) is 36.7 Å². The first-order chi connectivity index (χ1) is 13.0. The van der Waals surface area contributed by atoms with Crippen LogP contribution in [0.2, 0.25) is 0 Å². The smallest absolute Gasteiger partial charge is 0.357 e. The summed E-state index contributed by atoms with van der Waals surface area (Å²) >= 11 is 0. The SMILES string of the molecule is Cc1cnn2ccc(C(=O)OC(C)C(=O)Nc3ccc4c(c3)CCC4)nc12. The Labute approximate surface area is 156 Å². The maximum atomic E-state index is 12.4. The molecule has 0 spiro atoms. The summed E-state index contributed by atoms with van der Waals surface area (Å²) in [6.45, 7) is 3.40. The molecule has 4 rings (SSSR count).